The molecule has 0 spiro atoms. The molecule has 166 valence electrons. The summed E-state index contributed by atoms with van der Waals surface area (Å²) < 4.78 is 7.55. The first-order chi connectivity index (χ1) is 14.9. The van der Waals surface area contributed by atoms with Crippen molar-refractivity contribution in [3.05, 3.63) is 78.0 Å². The maximum Gasteiger partial charge on any atom is 0.191 e. The third-order valence-corrected chi connectivity index (χ3v) is 5.55. The average Bonchev–Trinajstić information content (AvgIpc) is 3.55. The van der Waals surface area contributed by atoms with Crippen LogP contribution in [-0.4, -0.2) is 28.8 Å². The summed E-state index contributed by atoms with van der Waals surface area (Å²) in [6.45, 7) is 2.16. The van der Waals surface area contributed by atoms with E-state index in [9.17, 15) is 0 Å². The van der Waals surface area contributed by atoms with Crippen molar-refractivity contribution in [2.45, 2.75) is 51.1 Å². The number of nitrogens with one attached hydrogen (secondary N) is 2. The molecule has 0 bridgehead atoms. The Morgan fingerprint density at radius 2 is 1.77 bits per heavy atom. The van der Waals surface area contributed by atoms with E-state index in [2.05, 4.69) is 51.8 Å². The number of nitrogens with zero attached hydrogens (tertiary/aromatic N) is 3. The van der Waals surface area contributed by atoms with Gasteiger partial charge in [-0.2, -0.15) is 5.10 Å². The number of aromatic nitrogens is 2. The molecule has 31 heavy (non-hydrogen) atoms. The molecule has 1 aliphatic carbocycles. The fourth-order valence-corrected chi connectivity index (χ4v) is 3.90. The molecule has 1 saturated carbocycles. The van der Waals surface area contributed by atoms with Crippen LogP contribution in [0, 0.1) is 0 Å². The van der Waals surface area contributed by atoms with E-state index in [-0.39, 0.29) is 24.0 Å². The van der Waals surface area contributed by atoms with Gasteiger partial charge in [0.25, 0.3) is 0 Å². The first-order valence-electron chi connectivity index (χ1n) is 11.0. The molecule has 0 atom stereocenters. The highest BCUT2D eigenvalue weighted by molar-refractivity contribution is 14.0. The van der Waals surface area contributed by atoms with E-state index in [0.717, 1.165) is 43.3 Å². The zero-order valence-corrected chi connectivity index (χ0v) is 20.2. The normalized spacial score (nSPS) is 14.4. The van der Waals surface area contributed by atoms with Gasteiger partial charge in [0, 0.05) is 25.7 Å². The minimum Gasteiger partial charge on any atom is -0.469 e. The molecular formula is C24H32IN5O. The maximum absolute atomic E-state index is 5.42. The summed E-state index contributed by atoms with van der Waals surface area (Å²) in [6.07, 6.45) is 10.7. The summed E-state index contributed by atoms with van der Waals surface area (Å²) in [5.41, 5.74) is 2.33. The van der Waals surface area contributed by atoms with Crippen LogP contribution < -0.4 is 10.6 Å². The van der Waals surface area contributed by atoms with Gasteiger partial charge in [0.1, 0.15) is 5.76 Å². The van der Waals surface area contributed by atoms with Crippen LogP contribution in [-0.2, 0) is 19.4 Å². The van der Waals surface area contributed by atoms with Crippen molar-refractivity contribution in [2.24, 2.45) is 4.99 Å². The Kier molecular flexibility index (Phi) is 9.45. The lowest BCUT2D eigenvalue weighted by atomic mass is 10.1. The first kappa shape index (κ1) is 23.4. The van der Waals surface area contributed by atoms with E-state index in [1.54, 1.807) is 6.26 Å². The highest BCUT2D eigenvalue weighted by Crippen LogP contribution is 2.28. The molecule has 4 rings (SSSR count). The molecule has 0 radical (unpaired) electrons. The molecular weight excluding hydrogens is 501 g/mol. The van der Waals surface area contributed by atoms with Crippen molar-refractivity contribution in [1.29, 1.82) is 0 Å². The smallest absolute Gasteiger partial charge is 0.191 e. The van der Waals surface area contributed by atoms with Crippen LogP contribution in [0.2, 0.25) is 0 Å². The Morgan fingerprint density at radius 3 is 2.52 bits per heavy atom. The van der Waals surface area contributed by atoms with Crippen LogP contribution in [0.5, 0.6) is 0 Å². The van der Waals surface area contributed by atoms with Gasteiger partial charge in [-0.25, -0.2) is 4.99 Å². The lowest BCUT2D eigenvalue weighted by Crippen LogP contribution is -2.39. The lowest BCUT2D eigenvalue weighted by Gasteiger charge is -2.12. The summed E-state index contributed by atoms with van der Waals surface area (Å²) in [5, 5.41) is 11.6. The van der Waals surface area contributed by atoms with Crippen LogP contribution in [0.1, 0.15) is 48.7 Å². The lowest BCUT2D eigenvalue weighted by molar-refractivity contribution is 0.463. The van der Waals surface area contributed by atoms with Crippen molar-refractivity contribution in [3.63, 3.8) is 0 Å². The van der Waals surface area contributed by atoms with Gasteiger partial charge in [-0.1, -0.05) is 43.2 Å². The number of guanidine groups is 1. The summed E-state index contributed by atoms with van der Waals surface area (Å²) >= 11 is 0. The predicted molar refractivity (Wildman–Crippen MR) is 135 cm³/mol. The van der Waals surface area contributed by atoms with Crippen molar-refractivity contribution < 1.29 is 4.42 Å². The Hall–Kier alpha value is -2.29. The molecule has 7 heteroatoms. The number of hydrogen-bond acceptors (Lipinski definition) is 3. The van der Waals surface area contributed by atoms with Gasteiger partial charge in [-0.05, 0) is 43.0 Å². The summed E-state index contributed by atoms with van der Waals surface area (Å²) in [6, 6.07) is 17.1. The molecule has 0 aliphatic heterocycles. The van der Waals surface area contributed by atoms with Crippen molar-refractivity contribution in [2.75, 3.05) is 13.1 Å². The third kappa shape index (κ3) is 7.41. The van der Waals surface area contributed by atoms with Gasteiger partial charge in [-0.3, -0.25) is 4.68 Å². The molecule has 2 N–H and O–H groups in total. The molecule has 0 amide bonds. The van der Waals surface area contributed by atoms with E-state index in [0.29, 0.717) is 12.6 Å². The highest BCUT2D eigenvalue weighted by Gasteiger charge is 2.17. The number of benzene rings is 1. The highest BCUT2D eigenvalue weighted by atomic mass is 127. The van der Waals surface area contributed by atoms with Crippen LogP contribution in [0.25, 0.3) is 0 Å². The molecule has 1 aromatic carbocycles. The molecule has 2 aromatic heterocycles. The number of furan rings is 1. The number of rotatable bonds is 9. The van der Waals surface area contributed by atoms with Crippen LogP contribution >= 0.6 is 24.0 Å². The fraction of sp³-hybridized carbons (Fsp3) is 0.417. The quantitative estimate of drug-likeness (QED) is 0.237. The zero-order chi connectivity index (χ0) is 20.4. The minimum atomic E-state index is 0. The largest absolute Gasteiger partial charge is 0.469 e. The maximum atomic E-state index is 5.42. The molecule has 2 heterocycles. The monoisotopic (exact) mass is 533 g/mol. The topological polar surface area (TPSA) is 67.4 Å². The van der Waals surface area contributed by atoms with E-state index in [1.807, 2.05) is 18.2 Å². The van der Waals surface area contributed by atoms with Crippen molar-refractivity contribution in [1.82, 2.24) is 20.4 Å². The number of aliphatic imine (C=N–C) groups is 1. The zero-order valence-electron chi connectivity index (χ0n) is 17.9. The second-order valence-corrected chi connectivity index (χ2v) is 7.81. The molecule has 0 saturated heterocycles. The van der Waals surface area contributed by atoms with Gasteiger partial charge in [0.15, 0.2) is 5.96 Å². The molecule has 0 unspecified atom stereocenters. The summed E-state index contributed by atoms with van der Waals surface area (Å²) in [4.78, 5) is 4.77. The standard InChI is InChI=1S/C24H31N5O.HI/c1-2-7-20(8-3-1)12-15-25-24(26-16-13-23-11-6-18-30-23)27-19-21-14-17-29(28-21)22-9-4-5-10-22;/h1-3,6-8,11,14,17-18,22H,4-5,9-10,12-13,15-16,19H2,(H2,25,26,27);1H. The Labute approximate surface area is 201 Å². The third-order valence-electron chi connectivity index (χ3n) is 5.55. The van der Waals surface area contributed by atoms with Gasteiger partial charge in [0.05, 0.1) is 24.5 Å². The SMILES string of the molecule is I.c1ccc(CCNC(=NCc2ccn(C3CCCC3)n2)NCCc2ccco2)cc1. The Bertz CT molecular complexity index is 901. The van der Waals surface area contributed by atoms with Crippen molar-refractivity contribution >= 4 is 29.9 Å². The van der Waals surface area contributed by atoms with Crippen LogP contribution in [0.3, 0.4) is 0 Å². The minimum absolute atomic E-state index is 0. The van der Waals surface area contributed by atoms with Gasteiger partial charge in [0.2, 0.25) is 0 Å². The second-order valence-electron chi connectivity index (χ2n) is 7.81. The Balaban J connectivity index is 0.00000272. The van der Waals surface area contributed by atoms with E-state index in [1.165, 1.54) is 31.2 Å². The van der Waals surface area contributed by atoms with E-state index < -0.39 is 0 Å². The summed E-state index contributed by atoms with van der Waals surface area (Å²) in [7, 11) is 0. The molecule has 1 aliphatic rings. The van der Waals surface area contributed by atoms with Crippen molar-refractivity contribution in [3.8, 4) is 0 Å². The van der Waals surface area contributed by atoms with Gasteiger partial charge < -0.3 is 15.1 Å². The second kappa shape index (κ2) is 12.5. The average molecular weight is 533 g/mol. The van der Waals surface area contributed by atoms with Crippen LogP contribution in [0.15, 0.2) is 70.4 Å². The van der Waals surface area contributed by atoms with Crippen LogP contribution in [0.4, 0.5) is 0 Å². The number of halogens is 1. The van der Waals surface area contributed by atoms with E-state index in [4.69, 9.17) is 14.5 Å². The Morgan fingerprint density at radius 1 is 1.00 bits per heavy atom. The van der Waals surface area contributed by atoms with Gasteiger partial charge in [-0.15, -0.1) is 24.0 Å². The fourth-order valence-electron chi connectivity index (χ4n) is 3.90. The molecule has 6 nitrogen and oxygen atoms in total. The summed E-state index contributed by atoms with van der Waals surface area (Å²) in [5.74, 6) is 1.79. The molecule has 1 fully saturated rings. The van der Waals surface area contributed by atoms with Gasteiger partial charge >= 0.3 is 0 Å². The first-order valence-corrected chi connectivity index (χ1v) is 11.0. The predicted octanol–water partition coefficient (Wildman–Crippen LogP) is 4.73. The molecule has 3 aromatic rings. The number of hydrogen-bond donors (Lipinski definition) is 2. The van der Waals surface area contributed by atoms with E-state index >= 15 is 0 Å².